The van der Waals surface area contributed by atoms with Gasteiger partial charge in [-0.2, -0.15) is 0 Å². The molecule has 0 spiro atoms. The molecule has 88 valence electrons. The Bertz CT molecular complexity index is 377. The van der Waals surface area contributed by atoms with Crippen LogP contribution in [-0.4, -0.2) is 12.5 Å². The Kier molecular flexibility index (Phi) is 4.17. The Morgan fingerprint density at radius 3 is 2.75 bits per heavy atom. The van der Waals surface area contributed by atoms with Crippen LogP contribution in [0.1, 0.15) is 30.6 Å². The van der Waals surface area contributed by atoms with Crippen LogP contribution in [0.25, 0.3) is 0 Å². The minimum atomic E-state index is -0.438. The van der Waals surface area contributed by atoms with E-state index in [4.69, 9.17) is 11.5 Å². The van der Waals surface area contributed by atoms with E-state index >= 15 is 0 Å². The van der Waals surface area contributed by atoms with Gasteiger partial charge in [-0.15, -0.1) is 0 Å². The summed E-state index contributed by atoms with van der Waals surface area (Å²) >= 11 is 0. The minimum Gasteiger partial charge on any atom is -0.397 e. The minimum absolute atomic E-state index is 0.438. The summed E-state index contributed by atoms with van der Waals surface area (Å²) < 4.78 is 0. The van der Waals surface area contributed by atoms with Crippen LogP contribution in [0.4, 0.5) is 11.4 Å². The van der Waals surface area contributed by atoms with E-state index in [-0.39, 0.29) is 0 Å². The molecule has 0 fully saturated rings. The highest BCUT2D eigenvalue weighted by Gasteiger charge is 2.06. The number of rotatable bonds is 5. The molecule has 16 heavy (non-hydrogen) atoms. The van der Waals surface area contributed by atoms with Crippen molar-refractivity contribution in [2.75, 3.05) is 17.6 Å². The summed E-state index contributed by atoms with van der Waals surface area (Å²) in [5, 5.41) is 3.23. The third-order valence-electron chi connectivity index (χ3n) is 2.68. The Labute approximate surface area is 96.0 Å². The molecule has 0 aliphatic heterocycles. The Balaban J connectivity index is 2.78. The van der Waals surface area contributed by atoms with E-state index in [0.717, 1.165) is 18.7 Å². The van der Waals surface area contributed by atoms with E-state index < -0.39 is 5.91 Å². The number of nitrogen functional groups attached to an aromatic ring is 1. The summed E-state index contributed by atoms with van der Waals surface area (Å²) in [5.41, 5.74) is 12.9. The molecule has 1 aromatic rings. The Morgan fingerprint density at radius 1 is 1.50 bits per heavy atom. The second-order valence-electron chi connectivity index (χ2n) is 4.06. The van der Waals surface area contributed by atoms with Crippen molar-refractivity contribution in [1.82, 2.24) is 0 Å². The molecule has 0 aliphatic rings. The van der Waals surface area contributed by atoms with E-state index in [9.17, 15) is 4.79 Å². The normalized spacial score (nSPS) is 12.1. The third-order valence-corrected chi connectivity index (χ3v) is 2.68. The lowest BCUT2D eigenvalue weighted by atomic mass is 10.1. The fourth-order valence-electron chi connectivity index (χ4n) is 1.29. The number of nitrogens with one attached hydrogen (secondary N) is 1. The van der Waals surface area contributed by atoms with Gasteiger partial charge in [0.25, 0.3) is 0 Å². The average Bonchev–Trinajstić information content (AvgIpc) is 2.27. The monoisotopic (exact) mass is 221 g/mol. The van der Waals surface area contributed by atoms with Crippen LogP contribution < -0.4 is 16.8 Å². The summed E-state index contributed by atoms with van der Waals surface area (Å²) in [6.45, 7) is 5.12. The lowest BCUT2D eigenvalue weighted by Crippen LogP contribution is -2.14. The van der Waals surface area contributed by atoms with Crippen LogP contribution in [-0.2, 0) is 0 Å². The number of carbonyl (C=O) groups is 1. The van der Waals surface area contributed by atoms with Crippen molar-refractivity contribution in [3.05, 3.63) is 23.8 Å². The van der Waals surface area contributed by atoms with Gasteiger partial charge in [-0.1, -0.05) is 20.3 Å². The molecule has 4 heteroatoms. The van der Waals surface area contributed by atoms with E-state index in [1.54, 1.807) is 18.2 Å². The van der Waals surface area contributed by atoms with Gasteiger partial charge in [-0.3, -0.25) is 4.79 Å². The molecule has 0 aromatic heterocycles. The van der Waals surface area contributed by atoms with Crippen LogP contribution in [0.2, 0.25) is 0 Å². The molecule has 0 bridgehead atoms. The lowest BCUT2D eigenvalue weighted by molar-refractivity contribution is 0.100. The first kappa shape index (κ1) is 12.4. The number of hydrogen-bond acceptors (Lipinski definition) is 3. The molecule has 4 nitrogen and oxygen atoms in total. The zero-order valence-corrected chi connectivity index (χ0v) is 9.79. The standard InChI is InChI=1S/C12H19N3O/c1-3-8(2)7-15-11-6-9(12(14)16)4-5-10(11)13/h4-6,8,15H,3,7,13H2,1-2H3,(H2,14,16). The first-order valence-electron chi connectivity index (χ1n) is 5.47. The van der Waals surface area contributed by atoms with Crippen molar-refractivity contribution >= 4 is 17.3 Å². The summed E-state index contributed by atoms with van der Waals surface area (Å²) in [5.74, 6) is 0.128. The van der Waals surface area contributed by atoms with Gasteiger partial charge < -0.3 is 16.8 Å². The smallest absolute Gasteiger partial charge is 0.248 e. The number of primary amides is 1. The number of carbonyl (C=O) groups excluding carboxylic acids is 1. The summed E-state index contributed by atoms with van der Waals surface area (Å²) in [7, 11) is 0. The molecule has 0 aliphatic carbocycles. The highest BCUT2D eigenvalue weighted by Crippen LogP contribution is 2.20. The van der Waals surface area contributed by atoms with Gasteiger partial charge in [0.15, 0.2) is 0 Å². The fourth-order valence-corrected chi connectivity index (χ4v) is 1.29. The van der Waals surface area contributed by atoms with Crippen molar-refractivity contribution in [1.29, 1.82) is 0 Å². The van der Waals surface area contributed by atoms with Crippen molar-refractivity contribution in [3.63, 3.8) is 0 Å². The summed E-state index contributed by atoms with van der Waals surface area (Å²) in [4.78, 5) is 11.0. The zero-order valence-electron chi connectivity index (χ0n) is 9.79. The predicted octanol–water partition coefficient (Wildman–Crippen LogP) is 1.83. The maximum atomic E-state index is 11.0. The summed E-state index contributed by atoms with van der Waals surface area (Å²) in [6, 6.07) is 5.02. The SMILES string of the molecule is CCC(C)CNc1cc(C(N)=O)ccc1N. The van der Waals surface area contributed by atoms with Gasteiger partial charge >= 0.3 is 0 Å². The van der Waals surface area contributed by atoms with E-state index in [2.05, 4.69) is 19.2 Å². The molecule has 1 aromatic carbocycles. The highest BCUT2D eigenvalue weighted by atomic mass is 16.1. The van der Waals surface area contributed by atoms with Crippen LogP contribution in [0.15, 0.2) is 18.2 Å². The number of benzene rings is 1. The van der Waals surface area contributed by atoms with Gasteiger partial charge in [0.05, 0.1) is 11.4 Å². The largest absolute Gasteiger partial charge is 0.397 e. The number of anilines is 2. The van der Waals surface area contributed by atoms with Crippen LogP contribution in [0.5, 0.6) is 0 Å². The second kappa shape index (κ2) is 5.39. The second-order valence-corrected chi connectivity index (χ2v) is 4.06. The highest BCUT2D eigenvalue weighted by molar-refractivity contribution is 5.94. The molecule has 0 heterocycles. The van der Waals surface area contributed by atoms with Gasteiger partial charge in [-0.25, -0.2) is 0 Å². The maximum Gasteiger partial charge on any atom is 0.248 e. The first-order valence-corrected chi connectivity index (χ1v) is 5.47. The molecular weight excluding hydrogens is 202 g/mol. The van der Waals surface area contributed by atoms with Crippen LogP contribution >= 0.6 is 0 Å². The number of amides is 1. The van der Waals surface area contributed by atoms with Gasteiger partial charge in [0, 0.05) is 12.1 Å². The van der Waals surface area contributed by atoms with Gasteiger partial charge in [0.2, 0.25) is 5.91 Å². The molecule has 1 unspecified atom stereocenters. The molecular formula is C12H19N3O. The van der Waals surface area contributed by atoms with Crippen molar-refractivity contribution in [2.24, 2.45) is 11.7 Å². The predicted molar refractivity (Wildman–Crippen MR) is 67.3 cm³/mol. The van der Waals surface area contributed by atoms with Crippen molar-refractivity contribution in [3.8, 4) is 0 Å². The number of hydrogen-bond donors (Lipinski definition) is 3. The maximum absolute atomic E-state index is 11.0. The van der Waals surface area contributed by atoms with Gasteiger partial charge in [-0.05, 0) is 24.1 Å². The molecule has 1 rings (SSSR count). The van der Waals surface area contributed by atoms with E-state index in [0.29, 0.717) is 17.2 Å². The quantitative estimate of drug-likeness (QED) is 0.663. The Hall–Kier alpha value is -1.71. The molecule has 5 N–H and O–H groups in total. The lowest BCUT2D eigenvalue weighted by Gasteiger charge is -2.13. The van der Waals surface area contributed by atoms with Crippen molar-refractivity contribution < 1.29 is 4.79 Å². The molecule has 0 saturated carbocycles. The molecule has 0 saturated heterocycles. The molecule has 1 atom stereocenters. The Morgan fingerprint density at radius 2 is 2.19 bits per heavy atom. The van der Waals surface area contributed by atoms with E-state index in [1.807, 2.05) is 0 Å². The van der Waals surface area contributed by atoms with E-state index in [1.165, 1.54) is 0 Å². The van der Waals surface area contributed by atoms with Crippen LogP contribution in [0.3, 0.4) is 0 Å². The third kappa shape index (κ3) is 3.15. The molecule has 1 amide bonds. The first-order chi connectivity index (χ1) is 7.54. The number of nitrogens with two attached hydrogens (primary N) is 2. The van der Waals surface area contributed by atoms with Crippen LogP contribution in [0, 0.1) is 5.92 Å². The molecule has 0 radical (unpaired) electrons. The zero-order chi connectivity index (χ0) is 12.1. The topological polar surface area (TPSA) is 81.1 Å². The average molecular weight is 221 g/mol. The fraction of sp³-hybridized carbons (Fsp3) is 0.417. The summed E-state index contributed by atoms with van der Waals surface area (Å²) in [6.07, 6.45) is 1.10. The van der Waals surface area contributed by atoms with Gasteiger partial charge in [0.1, 0.15) is 0 Å². The van der Waals surface area contributed by atoms with Crippen molar-refractivity contribution in [2.45, 2.75) is 20.3 Å².